The van der Waals surface area contributed by atoms with E-state index in [1.807, 2.05) is 0 Å². The molecule has 0 radical (unpaired) electrons. The Bertz CT molecular complexity index is 438. The fourth-order valence-corrected chi connectivity index (χ4v) is 2.42. The van der Waals surface area contributed by atoms with Gasteiger partial charge in [0.25, 0.3) is 0 Å². The summed E-state index contributed by atoms with van der Waals surface area (Å²) in [7, 11) is -1.93. The smallest absolute Gasteiger partial charge is 0.192 e. The van der Waals surface area contributed by atoms with E-state index >= 15 is 0 Å². The van der Waals surface area contributed by atoms with Gasteiger partial charge < -0.3 is 4.43 Å². The van der Waals surface area contributed by atoms with E-state index in [4.69, 9.17) is 4.43 Å². The van der Waals surface area contributed by atoms with Crippen LogP contribution in [0.25, 0.3) is 0 Å². The first-order chi connectivity index (χ1) is 8.67. The van der Waals surface area contributed by atoms with Gasteiger partial charge in [-0.05, 0) is 29.8 Å². The number of carbonyl (C=O) groups excluding carboxylic acids is 1. The van der Waals surface area contributed by atoms with Gasteiger partial charge in [-0.1, -0.05) is 39.0 Å². The molecular weight excluding hydrogens is 259 g/mol. The number of benzene rings is 1. The van der Waals surface area contributed by atoms with Crippen LogP contribution in [-0.2, 0) is 4.43 Å². The molecule has 1 aromatic rings. The van der Waals surface area contributed by atoms with Crippen LogP contribution in [0.4, 0.5) is 4.39 Å². The third-order valence-corrected chi connectivity index (χ3v) is 8.31. The molecule has 0 N–H and O–H groups in total. The molecule has 0 spiro atoms. The summed E-state index contributed by atoms with van der Waals surface area (Å²) < 4.78 is 20.0. The molecule has 0 saturated carbocycles. The maximum absolute atomic E-state index is 14.2. The molecule has 0 bridgehead atoms. The first-order valence-electron chi connectivity index (χ1n) is 6.50. The van der Waals surface area contributed by atoms with Crippen LogP contribution in [0.15, 0.2) is 24.3 Å². The van der Waals surface area contributed by atoms with Crippen molar-refractivity contribution in [1.82, 2.24) is 0 Å². The second-order valence-corrected chi connectivity index (χ2v) is 11.1. The zero-order valence-corrected chi connectivity index (χ0v) is 13.4. The number of alkyl halides is 1. The van der Waals surface area contributed by atoms with Crippen LogP contribution in [0.5, 0.6) is 0 Å². The van der Waals surface area contributed by atoms with Gasteiger partial charge in [-0.15, -0.1) is 0 Å². The molecule has 0 aromatic heterocycles. The van der Waals surface area contributed by atoms with E-state index in [0.29, 0.717) is 11.1 Å². The third kappa shape index (κ3) is 4.25. The van der Waals surface area contributed by atoms with Gasteiger partial charge in [0.2, 0.25) is 0 Å². The van der Waals surface area contributed by atoms with Gasteiger partial charge in [0.1, 0.15) is 12.5 Å². The molecule has 106 valence electrons. The van der Waals surface area contributed by atoms with Crippen LogP contribution in [-0.4, -0.2) is 21.2 Å². The Hall–Kier alpha value is -1.00. The number of carbonyl (C=O) groups is 1. The summed E-state index contributed by atoms with van der Waals surface area (Å²) in [6.07, 6.45) is -0.459. The highest BCUT2D eigenvalue weighted by atomic mass is 28.4. The Kier molecular flexibility index (Phi) is 5.04. The minimum absolute atomic E-state index is 0.0544. The van der Waals surface area contributed by atoms with E-state index in [1.165, 1.54) is 0 Å². The van der Waals surface area contributed by atoms with Crippen molar-refractivity contribution in [2.75, 3.05) is 6.61 Å². The van der Waals surface area contributed by atoms with Crippen molar-refractivity contribution in [3.8, 4) is 0 Å². The maximum Gasteiger partial charge on any atom is 0.192 e. The van der Waals surface area contributed by atoms with Crippen LogP contribution in [0, 0.1) is 0 Å². The zero-order chi connectivity index (χ0) is 14.7. The van der Waals surface area contributed by atoms with Gasteiger partial charge in [0.05, 0.1) is 6.61 Å². The maximum atomic E-state index is 14.2. The monoisotopic (exact) mass is 282 g/mol. The molecule has 1 atom stereocenters. The lowest BCUT2D eigenvalue weighted by Crippen LogP contribution is -2.41. The zero-order valence-electron chi connectivity index (χ0n) is 12.4. The topological polar surface area (TPSA) is 26.3 Å². The van der Waals surface area contributed by atoms with Crippen LogP contribution < -0.4 is 0 Å². The Balaban J connectivity index is 2.70. The summed E-state index contributed by atoms with van der Waals surface area (Å²) in [5.41, 5.74) is 0.996. The average Bonchev–Trinajstić information content (AvgIpc) is 2.34. The molecule has 1 aromatic carbocycles. The second kappa shape index (κ2) is 5.97. The highest BCUT2D eigenvalue weighted by Crippen LogP contribution is 2.37. The molecule has 0 aliphatic carbocycles. The number of aldehydes is 1. The predicted molar refractivity (Wildman–Crippen MR) is 78.8 cm³/mol. The minimum atomic E-state index is -1.93. The van der Waals surface area contributed by atoms with Gasteiger partial charge in [0, 0.05) is 5.56 Å². The molecule has 0 aliphatic rings. The second-order valence-electron chi connectivity index (χ2n) is 6.33. The normalized spacial score (nSPS) is 14.2. The number of hydrogen-bond acceptors (Lipinski definition) is 2. The minimum Gasteiger partial charge on any atom is -0.414 e. The fourth-order valence-electron chi connectivity index (χ4n) is 1.42. The SMILES string of the molecule is CC(C)(C)[Si](C)(C)OCC(F)c1cccc(C=O)c1. The Morgan fingerprint density at radius 1 is 1.37 bits per heavy atom. The Morgan fingerprint density at radius 2 is 2.00 bits per heavy atom. The van der Waals surface area contributed by atoms with Crippen molar-refractivity contribution in [3.63, 3.8) is 0 Å². The summed E-state index contributed by atoms with van der Waals surface area (Å²) in [6, 6.07) is 6.62. The average molecular weight is 282 g/mol. The summed E-state index contributed by atoms with van der Waals surface area (Å²) in [5, 5.41) is 0.0668. The lowest BCUT2D eigenvalue weighted by atomic mass is 10.1. The van der Waals surface area contributed by atoms with E-state index in [0.717, 1.165) is 6.29 Å². The van der Waals surface area contributed by atoms with Crippen LogP contribution in [0.1, 0.15) is 42.9 Å². The highest BCUT2D eigenvalue weighted by Gasteiger charge is 2.37. The van der Waals surface area contributed by atoms with Crippen molar-refractivity contribution in [3.05, 3.63) is 35.4 Å². The van der Waals surface area contributed by atoms with Crippen molar-refractivity contribution >= 4 is 14.6 Å². The number of halogens is 1. The molecule has 4 heteroatoms. The van der Waals surface area contributed by atoms with Crippen LogP contribution >= 0.6 is 0 Å². The van der Waals surface area contributed by atoms with Crippen LogP contribution in [0.3, 0.4) is 0 Å². The molecular formula is C15H23FO2Si. The van der Waals surface area contributed by atoms with E-state index in [-0.39, 0.29) is 11.6 Å². The predicted octanol–water partition coefficient (Wildman–Crippen LogP) is 4.53. The van der Waals surface area contributed by atoms with Crippen molar-refractivity contribution in [2.45, 2.75) is 45.1 Å². The van der Waals surface area contributed by atoms with Gasteiger partial charge in [-0.3, -0.25) is 4.79 Å². The van der Waals surface area contributed by atoms with Gasteiger partial charge >= 0.3 is 0 Å². The molecule has 0 aliphatic heterocycles. The molecule has 1 rings (SSSR count). The summed E-state index contributed by atoms with van der Waals surface area (Å²) in [6.45, 7) is 10.6. The summed E-state index contributed by atoms with van der Waals surface area (Å²) in [5.74, 6) is 0. The molecule has 2 nitrogen and oxygen atoms in total. The van der Waals surface area contributed by atoms with Crippen LogP contribution in [0.2, 0.25) is 18.1 Å². The largest absolute Gasteiger partial charge is 0.414 e. The third-order valence-electron chi connectivity index (χ3n) is 3.81. The molecule has 0 saturated heterocycles. The number of rotatable bonds is 5. The molecule has 19 heavy (non-hydrogen) atoms. The Labute approximate surface area is 116 Å². The first-order valence-corrected chi connectivity index (χ1v) is 9.41. The lowest BCUT2D eigenvalue weighted by Gasteiger charge is -2.36. The first kappa shape index (κ1) is 16.1. The van der Waals surface area contributed by atoms with Crippen molar-refractivity contribution in [2.24, 2.45) is 0 Å². The molecule has 0 heterocycles. The lowest BCUT2D eigenvalue weighted by molar-refractivity contribution is 0.112. The van der Waals surface area contributed by atoms with Gasteiger partial charge in [0.15, 0.2) is 8.32 Å². The number of hydrogen-bond donors (Lipinski definition) is 0. The summed E-state index contributed by atoms with van der Waals surface area (Å²) >= 11 is 0. The van der Waals surface area contributed by atoms with E-state index in [2.05, 4.69) is 33.9 Å². The fraction of sp³-hybridized carbons (Fsp3) is 0.533. The van der Waals surface area contributed by atoms with Gasteiger partial charge in [-0.2, -0.15) is 0 Å². The van der Waals surface area contributed by atoms with Gasteiger partial charge in [-0.25, -0.2) is 4.39 Å². The highest BCUT2D eigenvalue weighted by molar-refractivity contribution is 6.74. The van der Waals surface area contributed by atoms with Crippen molar-refractivity contribution in [1.29, 1.82) is 0 Å². The molecule has 0 amide bonds. The Morgan fingerprint density at radius 3 is 2.53 bits per heavy atom. The standard InChI is InChI=1S/C15H23FO2Si/c1-15(2,3)19(4,5)18-11-14(16)13-8-6-7-12(9-13)10-17/h6-10,14H,11H2,1-5H3. The quantitative estimate of drug-likeness (QED) is 0.586. The molecule has 1 unspecified atom stereocenters. The van der Waals surface area contributed by atoms with E-state index in [9.17, 15) is 9.18 Å². The van der Waals surface area contributed by atoms with E-state index < -0.39 is 14.5 Å². The van der Waals surface area contributed by atoms with E-state index in [1.54, 1.807) is 24.3 Å². The molecule has 0 fully saturated rings. The summed E-state index contributed by atoms with van der Waals surface area (Å²) in [4.78, 5) is 10.7. The van der Waals surface area contributed by atoms with Crippen molar-refractivity contribution < 1.29 is 13.6 Å².